The van der Waals surface area contributed by atoms with Gasteiger partial charge in [0.05, 0.1) is 4.90 Å². The molecular weight excluding hydrogens is 456 g/mol. The molecule has 0 spiro atoms. The molecular formula is C21H21BrN2O4S. The van der Waals surface area contributed by atoms with Gasteiger partial charge in [0.2, 0.25) is 10.0 Å². The molecule has 0 saturated carbocycles. The van der Waals surface area contributed by atoms with E-state index in [0.29, 0.717) is 24.4 Å². The van der Waals surface area contributed by atoms with E-state index in [9.17, 15) is 13.2 Å². The molecule has 0 radical (unpaired) electrons. The van der Waals surface area contributed by atoms with E-state index in [-0.39, 0.29) is 10.7 Å². The molecule has 0 unspecified atom stereocenters. The highest BCUT2D eigenvalue weighted by atomic mass is 79.9. The number of carbonyl (C=O) groups is 1. The van der Waals surface area contributed by atoms with Crippen LogP contribution in [0.3, 0.4) is 0 Å². The molecule has 1 aromatic heterocycles. The lowest BCUT2D eigenvalue weighted by Crippen LogP contribution is -2.35. The van der Waals surface area contributed by atoms with E-state index >= 15 is 0 Å². The van der Waals surface area contributed by atoms with Crippen LogP contribution in [0.5, 0.6) is 0 Å². The first-order valence-electron chi connectivity index (χ1n) is 9.46. The summed E-state index contributed by atoms with van der Waals surface area (Å²) in [5, 5.41) is 3.62. The summed E-state index contributed by atoms with van der Waals surface area (Å²) in [6, 6.07) is 11.9. The van der Waals surface area contributed by atoms with Crippen LogP contribution in [0.25, 0.3) is 11.0 Å². The standard InChI is InChI=1S/C21H21BrN2O4S/c1-14-18-12-15(22)8-9-19(18)28-20(14)21(25)23-16-6-5-7-17(13-16)29(26,27)24-10-3-2-4-11-24/h5-9,12-13H,2-4,10-11H2,1H3,(H,23,25). The van der Waals surface area contributed by atoms with Crippen LogP contribution in [0.15, 0.2) is 56.2 Å². The minimum Gasteiger partial charge on any atom is -0.451 e. The second kappa shape index (κ2) is 7.93. The van der Waals surface area contributed by atoms with Gasteiger partial charge in [-0.15, -0.1) is 0 Å². The average Bonchev–Trinajstić information content (AvgIpc) is 3.05. The quantitative estimate of drug-likeness (QED) is 0.578. The first-order valence-corrected chi connectivity index (χ1v) is 11.7. The number of carbonyl (C=O) groups excluding carboxylic acids is 1. The number of rotatable bonds is 4. The maximum absolute atomic E-state index is 12.9. The summed E-state index contributed by atoms with van der Waals surface area (Å²) in [5.74, 6) is -0.204. The summed E-state index contributed by atoms with van der Waals surface area (Å²) in [7, 11) is -3.57. The number of hydrogen-bond donors (Lipinski definition) is 1. The second-order valence-corrected chi connectivity index (χ2v) is 10.00. The van der Waals surface area contributed by atoms with Crippen molar-refractivity contribution in [3.63, 3.8) is 0 Å². The predicted octanol–water partition coefficient (Wildman–Crippen LogP) is 4.93. The molecule has 1 aliphatic rings. The average molecular weight is 477 g/mol. The van der Waals surface area contributed by atoms with E-state index in [1.807, 2.05) is 19.1 Å². The normalized spacial score (nSPS) is 15.5. The Morgan fingerprint density at radius 2 is 1.86 bits per heavy atom. The van der Waals surface area contributed by atoms with Gasteiger partial charge < -0.3 is 9.73 Å². The predicted molar refractivity (Wildman–Crippen MR) is 116 cm³/mol. The molecule has 3 aromatic rings. The summed E-state index contributed by atoms with van der Waals surface area (Å²) in [6.07, 6.45) is 2.80. The maximum atomic E-state index is 12.9. The number of sulfonamides is 1. The Bertz CT molecular complexity index is 1180. The van der Waals surface area contributed by atoms with Crippen molar-refractivity contribution in [2.24, 2.45) is 0 Å². The summed E-state index contributed by atoms with van der Waals surface area (Å²) in [4.78, 5) is 13.0. The van der Waals surface area contributed by atoms with E-state index in [1.54, 1.807) is 24.3 Å². The Kier molecular flexibility index (Phi) is 5.50. The van der Waals surface area contributed by atoms with Gasteiger partial charge in [-0.25, -0.2) is 8.42 Å². The zero-order chi connectivity index (χ0) is 20.6. The summed E-state index contributed by atoms with van der Waals surface area (Å²) in [6.45, 7) is 2.89. The molecule has 0 aliphatic carbocycles. The SMILES string of the molecule is Cc1c(C(=O)Nc2cccc(S(=O)(=O)N3CCCCC3)c2)oc2ccc(Br)cc12. The lowest BCUT2D eigenvalue weighted by Gasteiger charge is -2.26. The molecule has 1 aliphatic heterocycles. The Morgan fingerprint density at radius 1 is 1.10 bits per heavy atom. The molecule has 1 saturated heterocycles. The van der Waals surface area contributed by atoms with Crippen LogP contribution in [0.1, 0.15) is 35.4 Å². The number of furan rings is 1. The van der Waals surface area contributed by atoms with Gasteiger partial charge in [-0.05, 0) is 56.2 Å². The Labute approximate surface area is 178 Å². The molecule has 0 atom stereocenters. The summed E-state index contributed by atoms with van der Waals surface area (Å²) >= 11 is 3.42. The molecule has 6 nitrogen and oxygen atoms in total. The van der Waals surface area contributed by atoms with Crippen LogP contribution < -0.4 is 5.32 Å². The van der Waals surface area contributed by atoms with Crippen molar-refractivity contribution in [3.05, 3.63) is 58.3 Å². The third-order valence-corrected chi connectivity index (χ3v) is 7.54. The molecule has 2 heterocycles. The molecule has 1 amide bonds. The van der Waals surface area contributed by atoms with Crippen LogP contribution in [0.2, 0.25) is 0 Å². The van der Waals surface area contributed by atoms with Gasteiger partial charge >= 0.3 is 0 Å². The van der Waals surface area contributed by atoms with E-state index < -0.39 is 15.9 Å². The highest BCUT2D eigenvalue weighted by Crippen LogP contribution is 2.29. The fraction of sp³-hybridized carbons (Fsp3) is 0.286. The van der Waals surface area contributed by atoms with Crippen molar-refractivity contribution in [2.45, 2.75) is 31.1 Å². The van der Waals surface area contributed by atoms with Gasteiger partial charge in [-0.3, -0.25) is 4.79 Å². The molecule has 29 heavy (non-hydrogen) atoms. The Balaban J connectivity index is 1.60. The monoisotopic (exact) mass is 476 g/mol. The molecule has 8 heteroatoms. The van der Waals surface area contributed by atoms with Gasteiger partial charge in [-0.2, -0.15) is 4.31 Å². The number of nitrogens with one attached hydrogen (secondary N) is 1. The van der Waals surface area contributed by atoms with Gasteiger partial charge in [-0.1, -0.05) is 28.4 Å². The van der Waals surface area contributed by atoms with Crippen molar-refractivity contribution >= 4 is 48.5 Å². The Hall–Kier alpha value is -2.16. The molecule has 1 fully saturated rings. The number of halogens is 1. The van der Waals surface area contributed by atoms with Crippen LogP contribution >= 0.6 is 15.9 Å². The molecule has 2 aromatic carbocycles. The Morgan fingerprint density at radius 3 is 2.62 bits per heavy atom. The van der Waals surface area contributed by atoms with Gasteiger partial charge in [0.25, 0.3) is 5.91 Å². The number of amides is 1. The number of aryl methyl sites for hydroxylation is 1. The number of fused-ring (bicyclic) bond motifs is 1. The smallest absolute Gasteiger partial charge is 0.291 e. The molecule has 152 valence electrons. The fourth-order valence-electron chi connectivity index (χ4n) is 3.59. The van der Waals surface area contributed by atoms with Crippen LogP contribution in [-0.4, -0.2) is 31.7 Å². The van der Waals surface area contributed by atoms with Crippen molar-refractivity contribution in [3.8, 4) is 0 Å². The second-order valence-electron chi connectivity index (χ2n) is 7.14. The molecule has 4 rings (SSSR count). The van der Waals surface area contributed by atoms with Crippen molar-refractivity contribution in [1.29, 1.82) is 0 Å². The summed E-state index contributed by atoms with van der Waals surface area (Å²) < 4.78 is 33.9. The lowest BCUT2D eigenvalue weighted by molar-refractivity contribution is 0.0998. The number of piperidine rings is 1. The van der Waals surface area contributed by atoms with E-state index in [1.165, 1.54) is 10.4 Å². The highest BCUT2D eigenvalue weighted by molar-refractivity contribution is 9.10. The van der Waals surface area contributed by atoms with Crippen molar-refractivity contribution < 1.29 is 17.6 Å². The third kappa shape index (κ3) is 3.97. The molecule has 1 N–H and O–H groups in total. The van der Waals surface area contributed by atoms with Crippen LogP contribution in [0.4, 0.5) is 5.69 Å². The number of hydrogen-bond acceptors (Lipinski definition) is 4. The molecule has 0 bridgehead atoms. The van der Waals surface area contributed by atoms with E-state index in [0.717, 1.165) is 34.7 Å². The number of anilines is 1. The first kappa shape index (κ1) is 20.1. The lowest BCUT2D eigenvalue weighted by atomic mass is 10.1. The maximum Gasteiger partial charge on any atom is 0.291 e. The third-order valence-electron chi connectivity index (χ3n) is 5.15. The van der Waals surface area contributed by atoms with E-state index in [4.69, 9.17) is 4.42 Å². The zero-order valence-corrected chi connectivity index (χ0v) is 18.3. The fourth-order valence-corrected chi connectivity index (χ4v) is 5.51. The van der Waals surface area contributed by atoms with Crippen LogP contribution in [0, 0.1) is 6.92 Å². The van der Waals surface area contributed by atoms with Crippen molar-refractivity contribution in [1.82, 2.24) is 4.31 Å². The van der Waals surface area contributed by atoms with Crippen molar-refractivity contribution in [2.75, 3.05) is 18.4 Å². The van der Waals surface area contributed by atoms with Gasteiger partial charge in [0.15, 0.2) is 5.76 Å². The van der Waals surface area contributed by atoms with Gasteiger partial charge in [0, 0.05) is 34.2 Å². The van der Waals surface area contributed by atoms with E-state index in [2.05, 4.69) is 21.2 Å². The topological polar surface area (TPSA) is 79.6 Å². The number of benzene rings is 2. The minimum absolute atomic E-state index is 0.183. The number of nitrogens with zero attached hydrogens (tertiary/aromatic N) is 1. The zero-order valence-electron chi connectivity index (χ0n) is 15.9. The minimum atomic E-state index is -3.57. The first-order chi connectivity index (χ1) is 13.9. The van der Waals surface area contributed by atoms with Crippen LogP contribution in [-0.2, 0) is 10.0 Å². The largest absolute Gasteiger partial charge is 0.451 e. The summed E-state index contributed by atoms with van der Waals surface area (Å²) in [5.41, 5.74) is 1.77. The van der Waals surface area contributed by atoms with Gasteiger partial charge in [0.1, 0.15) is 5.58 Å². The highest BCUT2D eigenvalue weighted by Gasteiger charge is 2.26.